The monoisotopic (exact) mass is 131 g/mol. The zero-order valence-electron chi connectivity index (χ0n) is 6.13. The lowest BCUT2D eigenvalue weighted by Crippen LogP contribution is -2.14. The lowest BCUT2D eigenvalue weighted by molar-refractivity contribution is 0.113. The third kappa shape index (κ3) is 4.43. The van der Waals surface area contributed by atoms with Crippen LogP contribution in [-0.2, 0) is 4.74 Å². The van der Waals surface area contributed by atoms with Crippen molar-refractivity contribution in [3.05, 3.63) is 6.92 Å². The standard InChI is InChI=1S/C7H15O2/c1-6(7(2)8)4-5-9-3/h6-8H,1,4-5H2,2-3H3. The van der Waals surface area contributed by atoms with Crippen LogP contribution in [0.5, 0.6) is 0 Å². The summed E-state index contributed by atoms with van der Waals surface area (Å²) in [7, 11) is 1.65. The van der Waals surface area contributed by atoms with Gasteiger partial charge in [-0.1, -0.05) is 0 Å². The highest BCUT2D eigenvalue weighted by molar-refractivity contribution is 4.65. The summed E-state index contributed by atoms with van der Waals surface area (Å²) in [5.41, 5.74) is 0. The number of aliphatic hydroxyl groups excluding tert-OH is 1. The van der Waals surface area contributed by atoms with Crippen molar-refractivity contribution >= 4 is 0 Å². The van der Waals surface area contributed by atoms with Crippen LogP contribution in [0.15, 0.2) is 0 Å². The van der Waals surface area contributed by atoms with Gasteiger partial charge in [-0.2, -0.15) is 0 Å². The van der Waals surface area contributed by atoms with E-state index in [-0.39, 0.29) is 12.0 Å². The Morgan fingerprint density at radius 2 is 2.22 bits per heavy atom. The highest BCUT2D eigenvalue weighted by Gasteiger charge is 2.06. The normalized spacial score (nSPS) is 17.3. The van der Waals surface area contributed by atoms with Crippen molar-refractivity contribution in [1.82, 2.24) is 0 Å². The predicted octanol–water partition coefficient (Wildman–Crippen LogP) is 0.854. The summed E-state index contributed by atoms with van der Waals surface area (Å²) in [5, 5.41) is 8.93. The summed E-state index contributed by atoms with van der Waals surface area (Å²) < 4.78 is 4.81. The van der Waals surface area contributed by atoms with Crippen LogP contribution in [0, 0.1) is 12.8 Å². The molecule has 2 unspecified atom stereocenters. The molecule has 9 heavy (non-hydrogen) atoms. The first-order chi connectivity index (χ1) is 4.18. The number of hydrogen-bond donors (Lipinski definition) is 1. The topological polar surface area (TPSA) is 29.5 Å². The van der Waals surface area contributed by atoms with Crippen LogP contribution in [0.4, 0.5) is 0 Å². The van der Waals surface area contributed by atoms with Gasteiger partial charge in [-0.05, 0) is 26.2 Å². The first-order valence-corrected chi connectivity index (χ1v) is 3.18. The van der Waals surface area contributed by atoms with E-state index in [0.29, 0.717) is 6.61 Å². The molecule has 0 aliphatic rings. The van der Waals surface area contributed by atoms with Crippen molar-refractivity contribution in [2.24, 2.45) is 5.92 Å². The molecule has 0 aliphatic heterocycles. The number of rotatable bonds is 4. The van der Waals surface area contributed by atoms with Gasteiger partial charge in [0.2, 0.25) is 0 Å². The molecule has 0 amide bonds. The van der Waals surface area contributed by atoms with Crippen LogP contribution in [0.1, 0.15) is 13.3 Å². The van der Waals surface area contributed by atoms with Crippen LogP contribution in [0.3, 0.4) is 0 Å². The Kier molecular flexibility index (Phi) is 4.72. The molecule has 2 nitrogen and oxygen atoms in total. The van der Waals surface area contributed by atoms with E-state index in [9.17, 15) is 0 Å². The summed E-state index contributed by atoms with van der Waals surface area (Å²) >= 11 is 0. The lowest BCUT2D eigenvalue weighted by Gasteiger charge is -2.12. The molecule has 0 saturated carbocycles. The Balaban J connectivity index is 3.16. The van der Waals surface area contributed by atoms with Gasteiger partial charge in [0.1, 0.15) is 0 Å². The van der Waals surface area contributed by atoms with E-state index in [1.165, 1.54) is 0 Å². The molecule has 0 saturated heterocycles. The maximum atomic E-state index is 8.93. The fourth-order valence-corrected chi connectivity index (χ4v) is 0.510. The molecular formula is C7H15O2. The molecule has 0 fully saturated rings. The largest absolute Gasteiger partial charge is 0.393 e. The van der Waals surface area contributed by atoms with Crippen LogP contribution in [0.2, 0.25) is 0 Å². The summed E-state index contributed by atoms with van der Waals surface area (Å²) in [6, 6.07) is 0. The summed E-state index contributed by atoms with van der Waals surface area (Å²) in [6.07, 6.45) is 0.508. The zero-order chi connectivity index (χ0) is 7.28. The van der Waals surface area contributed by atoms with Gasteiger partial charge < -0.3 is 9.84 Å². The summed E-state index contributed by atoms with van der Waals surface area (Å²) in [5.74, 6) is 0.102. The molecule has 0 rings (SSSR count). The number of aliphatic hydroxyl groups is 1. The van der Waals surface area contributed by atoms with Crippen molar-refractivity contribution in [3.8, 4) is 0 Å². The van der Waals surface area contributed by atoms with E-state index in [4.69, 9.17) is 9.84 Å². The molecule has 1 N–H and O–H groups in total. The summed E-state index contributed by atoms with van der Waals surface area (Å²) in [6.45, 7) is 6.17. The second kappa shape index (κ2) is 4.77. The average Bonchev–Trinajstić information content (AvgIpc) is 1.82. The van der Waals surface area contributed by atoms with Crippen LogP contribution >= 0.6 is 0 Å². The van der Waals surface area contributed by atoms with E-state index in [1.807, 2.05) is 0 Å². The van der Waals surface area contributed by atoms with Gasteiger partial charge in [0.25, 0.3) is 0 Å². The Morgan fingerprint density at radius 3 is 2.56 bits per heavy atom. The quantitative estimate of drug-likeness (QED) is 0.613. The van der Waals surface area contributed by atoms with Gasteiger partial charge in [0.15, 0.2) is 0 Å². The van der Waals surface area contributed by atoms with Gasteiger partial charge >= 0.3 is 0 Å². The van der Waals surface area contributed by atoms with Crippen molar-refractivity contribution in [1.29, 1.82) is 0 Å². The summed E-state index contributed by atoms with van der Waals surface area (Å²) in [4.78, 5) is 0. The van der Waals surface area contributed by atoms with Gasteiger partial charge in [0, 0.05) is 13.7 Å². The van der Waals surface area contributed by atoms with E-state index in [0.717, 1.165) is 6.42 Å². The molecule has 0 aliphatic carbocycles. The fourth-order valence-electron chi connectivity index (χ4n) is 0.510. The van der Waals surface area contributed by atoms with Gasteiger partial charge in [-0.25, -0.2) is 0 Å². The molecule has 0 heterocycles. The molecular weight excluding hydrogens is 116 g/mol. The van der Waals surface area contributed by atoms with Crippen molar-refractivity contribution in [2.75, 3.05) is 13.7 Å². The first-order valence-electron chi connectivity index (χ1n) is 3.18. The second-order valence-electron chi connectivity index (χ2n) is 2.28. The third-order valence-electron chi connectivity index (χ3n) is 1.37. The van der Waals surface area contributed by atoms with Crippen molar-refractivity contribution < 1.29 is 9.84 Å². The lowest BCUT2D eigenvalue weighted by atomic mass is 10.0. The van der Waals surface area contributed by atoms with E-state index < -0.39 is 0 Å². The predicted molar refractivity (Wildman–Crippen MR) is 37.0 cm³/mol. The number of ether oxygens (including phenoxy) is 1. The van der Waals surface area contributed by atoms with Crippen molar-refractivity contribution in [3.63, 3.8) is 0 Å². The van der Waals surface area contributed by atoms with E-state index in [2.05, 4.69) is 6.92 Å². The smallest absolute Gasteiger partial charge is 0.0541 e. The van der Waals surface area contributed by atoms with Crippen LogP contribution in [-0.4, -0.2) is 24.9 Å². The van der Waals surface area contributed by atoms with Crippen LogP contribution < -0.4 is 0 Å². The van der Waals surface area contributed by atoms with Gasteiger partial charge in [0.05, 0.1) is 6.10 Å². The minimum absolute atomic E-state index is 0.102. The molecule has 0 aromatic heterocycles. The minimum Gasteiger partial charge on any atom is -0.393 e. The van der Waals surface area contributed by atoms with E-state index >= 15 is 0 Å². The first kappa shape index (κ1) is 8.92. The Morgan fingerprint density at radius 1 is 1.67 bits per heavy atom. The molecule has 2 heteroatoms. The van der Waals surface area contributed by atoms with Crippen molar-refractivity contribution in [2.45, 2.75) is 19.4 Å². The Labute approximate surface area is 56.8 Å². The second-order valence-corrected chi connectivity index (χ2v) is 2.28. The SMILES string of the molecule is [CH2]C(CCOC)C(C)O. The maximum Gasteiger partial charge on any atom is 0.0541 e. The number of hydrogen-bond acceptors (Lipinski definition) is 2. The Bertz CT molecular complexity index is 61.9. The van der Waals surface area contributed by atoms with Gasteiger partial charge in [-0.15, -0.1) is 0 Å². The highest BCUT2D eigenvalue weighted by Crippen LogP contribution is 2.05. The number of methoxy groups -OCH3 is 1. The molecule has 1 radical (unpaired) electrons. The average molecular weight is 131 g/mol. The van der Waals surface area contributed by atoms with E-state index in [1.54, 1.807) is 14.0 Å². The Hall–Kier alpha value is -0.0800. The molecule has 0 spiro atoms. The molecule has 0 bridgehead atoms. The maximum absolute atomic E-state index is 8.93. The zero-order valence-corrected chi connectivity index (χ0v) is 6.13. The van der Waals surface area contributed by atoms with Crippen LogP contribution in [0.25, 0.3) is 0 Å². The molecule has 2 atom stereocenters. The fraction of sp³-hybridized carbons (Fsp3) is 0.857. The minimum atomic E-state index is -0.319. The van der Waals surface area contributed by atoms with Gasteiger partial charge in [-0.3, -0.25) is 0 Å². The highest BCUT2D eigenvalue weighted by atomic mass is 16.5. The molecule has 0 aromatic carbocycles. The molecule has 55 valence electrons. The third-order valence-corrected chi connectivity index (χ3v) is 1.37. The molecule has 0 aromatic rings.